The summed E-state index contributed by atoms with van der Waals surface area (Å²) >= 11 is 0. The number of amides is 1. The van der Waals surface area contributed by atoms with Gasteiger partial charge in [-0.3, -0.25) is 4.79 Å². The Hall–Kier alpha value is -1.59. The van der Waals surface area contributed by atoms with E-state index >= 15 is 0 Å². The second-order valence-electron chi connectivity index (χ2n) is 5.71. The molecule has 0 radical (unpaired) electrons. The van der Waals surface area contributed by atoms with Crippen LogP contribution in [0.1, 0.15) is 38.2 Å². The molecule has 1 aliphatic rings. The molecule has 1 saturated heterocycles. The Kier molecular flexibility index (Phi) is 6.68. The van der Waals surface area contributed by atoms with Gasteiger partial charge in [-0.05, 0) is 43.4 Å². The topological polar surface area (TPSA) is 73.6 Å². The lowest BCUT2D eigenvalue weighted by Crippen LogP contribution is -2.34. The molecular formula is C17H26N2O3. The van der Waals surface area contributed by atoms with Gasteiger partial charge in [-0.1, -0.05) is 19.1 Å². The molecule has 2 rings (SSSR count). The third-order valence-corrected chi connectivity index (χ3v) is 3.87. The number of nitrogens with one attached hydrogen (secondary N) is 1. The fourth-order valence-electron chi connectivity index (χ4n) is 2.57. The Labute approximate surface area is 132 Å². The quantitative estimate of drug-likeness (QED) is 0.773. The molecule has 122 valence electrons. The molecule has 0 saturated carbocycles. The summed E-state index contributed by atoms with van der Waals surface area (Å²) in [5, 5.41) is 3.15. The second-order valence-corrected chi connectivity index (χ2v) is 5.71. The van der Waals surface area contributed by atoms with Gasteiger partial charge in [0, 0.05) is 12.3 Å². The lowest BCUT2D eigenvalue weighted by atomic mass is 10.1. The largest absolute Gasteiger partial charge is 0.376 e. The highest BCUT2D eigenvalue weighted by atomic mass is 16.5. The molecule has 1 aromatic rings. The maximum atomic E-state index is 11.3. The van der Waals surface area contributed by atoms with Gasteiger partial charge in [0.15, 0.2) is 0 Å². The van der Waals surface area contributed by atoms with Crippen LogP contribution >= 0.6 is 0 Å². The summed E-state index contributed by atoms with van der Waals surface area (Å²) in [5.41, 5.74) is 7.31. The molecular weight excluding hydrogens is 280 g/mol. The molecule has 5 nitrogen and oxygen atoms in total. The van der Waals surface area contributed by atoms with Crippen molar-refractivity contribution in [3.63, 3.8) is 0 Å². The van der Waals surface area contributed by atoms with Crippen molar-refractivity contribution in [2.75, 3.05) is 18.5 Å². The van der Waals surface area contributed by atoms with Gasteiger partial charge in [0.05, 0.1) is 19.3 Å². The summed E-state index contributed by atoms with van der Waals surface area (Å²) in [6.45, 7) is 3.96. The first-order valence-electron chi connectivity index (χ1n) is 8.03. The van der Waals surface area contributed by atoms with E-state index in [9.17, 15) is 4.79 Å². The third kappa shape index (κ3) is 5.31. The average Bonchev–Trinajstić information content (AvgIpc) is 2.54. The van der Waals surface area contributed by atoms with Gasteiger partial charge in [0.25, 0.3) is 0 Å². The van der Waals surface area contributed by atoms with E-state index in [1.807, 2.05) is 31.2 Å². The average molecular weight is 306 g/mol. The fraction of sp³-hybridized carbons (Fsp3) is 0.588. The minimum atomic E-state index is -0.341. The predicted octanol–water partition coefficient (Wildman–Crippen LogP) is 2.45. The number of carbonyl (C=O) groups excluding carboxylic acids is 1. The van der Waals surface area contributed by atoms with Crippen molar-refractivity contribution < 1.29 is 14.3 Å². The molecule has 0 unspecified atom stereocenters. The summed E-state index contributed by atoms with van der Waals surface area (Å²) < 4.78 is 11.4. The van der Waals surface area contributed by atoms with E-state index in [2.05, 4.69) is 5.32 Å². The van der Waals surface area contributed by atoms with Crippen molar-refractivity contribution in [3.05, 3.63) is 29.8 Å². The van der Waals surface area contributed by atoms with Crippen molar-refractivity contribution in [2.45, 2.75) is 51.4 Å². The molecule has 1 amide bonds. The number of primary amides is 1. The van der Waals surface area contributed by atoms with E-state index < -0.39 is 0 Å². The van der Waals surface area contributed by atoms with E-state index in [-0.39, 0.29) is 18.1 Å². The lowest BCUT2D eigenvalue weighted by Gasteiger charge is -2.22. The van der Waals surface area contributed by atoms with E-state index in [1.54, 1.807) is 0 Å². The molecule has 0 bridgehead atoms. The number of nitrogens with two attached hydrogens (primary N) is 1. The summed E-state index contributed by atoms with van der Waals surface area (Å²) in [7, 11) is 0. The van der Waals surface area contributed by atoms with Gasteiger partial charge < -0.3 is 20.5 Å². The number of ether oxygens (including phenoxy) is 2. The van der Waals surface area contributed by atoms with Crippen molar-refractivity contribution >= 4 is 11.6 Å². The van der Waals surface area contributed by atoms with Crippen LogP contribution in [0.2, 0.25) is 0 Å². The standard InChI is InChI=1S/C17H26N2O3/c1-2-16(17(18)20)19-14-7-5-6-13(10-14)11-21-12-15-8-3-4-9-22-15/h5-7,10,15-16,19H,2-4,8-9,11-12H2,1H3,(H2,18,20)/t15-,16+/m0/s1. The van der Waals surface area contributed by atoms with E-state index in [0.29, 0.717) is 19.6 Å². The Morgan fingerprint density at radius 3 is 3.05 bits per heavy atom. The van der Waals surface area contributed by atoms with Crippen LogP contribution in [0, 0.1) is 0 Å². The molecule has 1 heterocycles. The fourth-order valence-corrected chi connectivity index (χ4v) is 2.57. The van der Waals surface area contributed by atoms with Crippen LogP contribution in [0.3, 0.4) is 0 Å². The van der Waals surface area contributed by atoms with Gasteiger partial charge in [-0.2, -0.15) is 0 Å². The smallest absolute Gasteiger partial charge is 0.239 e. The van der Waals surface area contributed by atoms with E-state index in [4.69, 9.17) is 15.2 Å². The van der Waals surface area contributed by atoms with Gasteiger partial charge in [0.2, 0.25) is 5.91 Å². The Morgan fingerprint density at radius 1 is 1.50 bits per heavy atom. The van der Waals surface area contributed by atoms with Crippen LogP contribution in [0.25, 0.3) is 0 Å². The van der Waals surface area contributed by atoms with Crippen LogP contribution in [0.5, 0.6) is 0 Å². The maximum Gasteiger partial charge on any atom is 0.239 e. The first-order chi connectivity index (χ1) is 10.7. The highest BCUT2D eigenvalue weighted by molar-refractivity contribution is 5.82. The normalized spacial score (nSPS) is 19.6. The molecule has 1 fully saturated rings. The first-order valence-corrected chi connectivity index (χ1v) is 8.03. The SMILES string of the molecule is CC[C@@H](Nc1cccc(COC[C@@H]2CCCCO2)c1)C(N)=O. The summed E-state index contributed by atoms with van der Waals surface area (Å²) in [4.78, 5) is 11.3. The Bertz CT molecular complexity index is 473. The summed E-state index contributed by atoms with van der Waals surface area (Å²) in [6, 6.07) is 7.54. The molecule has 5 heteroatoms. The summed E-state index contributed by atoms with van der Waals surface area (Å²) in [6.07, 6.45) is 4.35. The van der Waals surface area contributed by atoms with Crippen molar-refractivity contribution in [2.24, 2.45) is 5.73 Å². The molecule has 0 aliphatic carbocycles. The minimum Gasteiger partial charge on any atom is -0.376 e. The van der Waals surface area contributed by atoms with Gasteiger partial charge in [0.1, 0.15) is 6.04 Å². The highest BCUT2D eigenvalue weighted by Crippen LogP contribution is 2.16. The predicted molar refractivity (Wildman–Crippen MR) is 86.6 cm³/mol. The maximum absolute atomic E-state index is 11.3. The number of anilines is 1. The number of hydrogen-bond donors (Lipinski definition) is 2. The number of benzene rings is 1. The lowest BCUT2D eigenvalue weighted by molar-refractivity contribution is -0.118. The third-order valence-electron chi connectivity index (χ3n) is 3.87. The van der Waals surface area contributed by atoms with Crippen molar-refractivity contribution in [1.82, 2.24) is 0 Å². The monoisotopic (exact) mass is 306 g/mol. The van der Waals surface area contributed by atoms with Crippen LogP contribution in [0.4, 0.5) is 5.69 Å². The van der Waals surface area contributed by atoms with E-state index in [0.717, 1.165) is 30.7 Å². The molecule has 2 atom stereocenters. The van der Waals surface area contributed by atoms with Gasteiger partial charge >= 0.3 is 0 Å². The van der Waals surface area contributed by atoms with Crippen molar-refractivity contribution in [3.8, 4) is 0 Å². The number of carbonyl (C=O) groups is 1. The Morgan fingerprint density at radius 2 is 2.36 bits per heavy atom. The molecule has 0 spiro atoms. The van der Waals surface area contributed by atoms with Crippen molar-refractivity contribution in [1.29, 1.82) is 0 Å². The second kappa shape index (κ2) is 8.76. The first kappa shape index (κ1) is 16.8. The van der Waals surface area contributed by atoms with Crippen LogP contribution in [-0.2, 0) is 20.9 Å². The number of hydrogen-bond acceptors (Lipinski definition) is 4. The number of rotatable bonds is 8. The van der Waals surface area contributed by atoms with Crippen LogP contribution in [0.15, 0.2) is 24.3 Å². The zero-order valence-corrected chi connectivity index (χ0v) is 13.2. The zero-order chi connectivity index (χ0) is 15.8. The van der Waals surface area contributed by atoms with Gasteiger partial charge in [-0.15, -0.1) is 0 Å². The van der Waals surface area contributed by atoms with Gasteiger partial charge in [-0.25, -0.2) is 0 Å². The molecule has 0 aromatic heterocycles. The minimum absolute atomic E-state index is 0.231. The molecule has 1 aromatic carbocycles. The molecule has 3 N–H and O–H groups in total. The van der Waals surface area contributed by atoms with Crippen LogP contribution in [-0.4, -0.2) is 31.3 Å². The molecule has 1 aliphatic heterocycles. The Balaban J connectivity index is 1.81. The highest BCUT2D eigenvalue weighted by Gasteiger charge is 2.14. The molecule has 22 heavy (non-hydrogen) atoms. The van der Waals surface area contributed by atoms with Crippen LogP contribution < -0.4 is 11.1 Å². The zero-order valence-electron chi connectivity index (χ0n) is 13.2. The summed E-state index contributed by atoms with van der Waals surface area (Å²) in [5.74, 6) is -0.335. The van der Waals surface area contributed by atoms with E-state index in [1.165, 1.54) is 6.42 Å².